The normalized spacial score (nSPS) is 12.5. The number of aromatic nitrogens is 1. The second-order valence-electron chi connectivity index (χ2n) is 1.81. The lowest BCUT2D eigenvalue weighted by atomic mass is 10.4. The minimum Gasteiger partial charge on any atom is -0.466 e. The number of carbonyl (C=O) groups is 1. The van der Waals surface area contributed by atoms with Gasteiger partial charge in [0.25, 0.3) is 6.47 Å². The van der Waals surface area contributed by atoms with Gasteiger partial charge in [0.2, 0.25) is 0 Å². The van der Waals surface area contributed by atoms with Crippen molar-refractivity contribution in [3.63, 3.8) is 0 Å². The maximum absolute atomic E-state index is 9.82. The average molecular weight is 236 g/mol. The largest absolute Gasteiger partial charge is 0.466 e. The van der Waals surface area contributed by atoms with Crippen LogP contribution in [0.5, 0.6) is 0 Å². The van der Waals surface area contributed by atoms with Gasteiger partial charge in [0.05, 0.1) is 16.0 Å². The molecule has 1 aromatic rings. The van der Waals surface area contributed by atoms with Crippen LogP contribution in [0, 0.1) is 0 Å². The molecule has 1 unspecified atom stereocenters. The summed E-state index contributed by atoms with van der Waals surface area (Å²) in [6.45, 7) is 0.758. The molecular formula is C6H6BrNO2S. The summed E-state index contributed by atoms with van der Waals surface area (Å²) in [5.74, 6) is 0. The second-order valence-corrected chi connectivity index (χ2v) is 3.63. The molecule has 5 heteroatoms. The van der Waals surface area contributed by atoms with Crippen LogP contribution in [-0.2, 0) is 9.53 Å². The lowest BCUT2D eigenvalue weighted by Crippen LogP contribution is -2.00. The minimum absolute atomic E-state index is 0.0129. The van der Waals surface area contributed by atoms with Crippen LogP contribution in [0.2, 0.25) is 0 Å². The molecule has 1 rings (SSSR count). The first-order valence-corrected chi connectivity index (χ1v) is 4.78. The molecule has 1 aromatic heterocycles. The first-order chi connectivity index (χ1) is 5.34. The molecule has 0 fully saturated rings. The molecule has 0 spiro atoms. The van der Waals surface area contributed by atoms with Gasteiger partial charge in [-0.3, -0.25) is 4.79 Å². The third-order valence-electron chi connectivity index (χ3n) is 1.08. The van der Waals surface area contributed by atoms with Crippen LogP contribution < -0.4 is 0 Å². The third kappa shape index (κ3) is 2.59. The number of carbonyl (C=O) groups excluding carboxylic acids is 1. The highest BCUT2D eigenvalue weighted by molar-refractivity contribution is 9.09. The Morgan fingerprint density at radius 2 is 2.73 bits per heavy atom. The molecular weight excluding hydrogens is 230 g/mol. The molecule has 0 N–H and O–H groups in total. The quantitative estimate of drug-likeness (QED) is 0.590. The van der Waals surface area contributed by atoms with E-state index in [0.717, 1.165) is 5.69 Å². The van der Waals surface area contributed by atoms with E-state index in [-0.39, 0.29) is 4.83 Å². The van der Waals surface area contributed by atoms with Gasteiger partial charge >= 0.3 is 0 Å². The predicted octanol–water partition coefficient (Wildman–Crippen LogP) is 1.75. The van der Waals surface area contributed by atoms with E-state index in [1.165, 1.54) is 11.3 Å². The molecule has 0 aromatic carbocycles. The Balaban J connectivity index is 2.42. The van der Waals surface area contributed by atoms with Crippen molar-refractivity contribution in [2.24, 2.45) is 0 Å². The Morgan fingerprint density at radius 3 is 3.27 bits per heavy atom. The zero-order valence-corrected chi connectivity index (χ0v) is 7.97. The zero-order valence-electron chi connectivity index (χ0n) is 5.57. The number of rotatable bonds is 4. The SMILES string of the molecule is O=COCC(Br)c1cscn1. The van der Waals surface area contributed by atoms with Gasteiger partial charge in [0, 0.05) is 5.38 Å². The van der Waals surface area contributed by atoms with Crippen molar-refractivity contribution in [3.05, 3.63) is 16.6 Å². The lowest BCUT2D eigenvalue weighted by molar-refractivity contribution is -0.128. The fourth-order valence-corrected chi connectivity index (χ4v) is 1.77. The summed E-state index contributed by atoms with van der Waals surface area (Å²) in [7, 11) is 0. The summed E-state index contributed by atoms with van der Waals surface area (Å²) in [5.41, 5.74) is 2.64. The maximum atomic E-state index is 9.82. The Bertz CT molecular complexity index is 214. The fraction of sp³-hybridized carbons (Fsp3) is 0.333. The molecule has 0 radical (unpaired) electrons. The smallest absolute Gasteiger partial charge is 0.293 e. The van der Waals surface area contributed by atoms with E-state index in [2.05, 4.69) is 25.7 Å². The van der Waals surface area contributed by atoms with Crippen molar-refractivity contribution in [2.75, 3.05) is 6.61 Å². The maximum Gasteiger partial charge on any atom is 0.293 e. The Kier molecular flexibility index (Phi) is 3.51. The van der Waals surface area contributed by atoms with Gasteiger partial charge in [-0.25, -0.2) is 4.98 Å². The van der Waals surface area contributed by atoms with Crippen molar-refractivity contribution in [3.8, 4) is 0 Å². The van der Waals surface area contributed by atoms with Gasteiger partial charge in [0.15, 0.2) is 0 Å². The summed E-state index contributed by atoms with van der Waals surface area (Å²) >= 11 is 4.84. The van der Waals surface area contributed by atoms with Gasteiger partial charge in [0.1, 0.15) is 6.61 Å². The molecule has 0 aliphatic carbocycles. The minimum atomic E-state index is 0.0129. The fourth-order valence-electron chi connectivity index (χ4n) is 0.586. The monoisotopic (exact) mass is 235 g/mol. The van der Waals surface area contributed by atoms with Crippen LogP contribution in [-0.4, -0.2) is 18.1 Å². The standard InChI is InChI=1S/C6H6BrNO2S/c7-5(1-10-4-9)6-2-11-3-8-6/h2-5H,1H2. The number of alkyl halides is 1. The summed E-state index contributed by atoms with van der Waals surface area (Å²) in [5, 5.41) is 1.91. The van der Waals surface area contributed by atoms with Crippen LogP contribution in [0.1, 0.15) is 10.5 Å². The first-order valence-electron chi connectivity index (χ1n) is 2.92. The van der Waals surface area contributed by atoms with Crippen LogP contribution in [0.25, 0.3) is 0 Å². The number of hydrogen-bond donors (Lipinski definition) is 0. The summed E-state index contributed by atoms with van der Waals surface area (Å²) in [6.07, 6.45) is 0. The Hall–Kier alpha value is -0.420. The molecule has 0 bridgehead atoms. The van der Waals surface area contributed by atoms with E-state index in [1.54, 1.807) is 5.51 Å². The summed E-state index contributed by atoms with van der Waals surface area (Å²) in [6, 6.07) is 0. The van der Waals surface area contributed by atoms with E-state index in [0.29, 0.717) is 13.1 Å². The van der Waals surface area contributed by atoms with E-state index in [9.17, 15) is 4.79 Å². The molecule has 1 heterocycles. The highest BCUT2D eigenvalue weighted by atomic mass is 79.9. The van der Waals surface area contributed by atoms with Crippen molar-refractivity contribution < 1.29 is 9.53 Å². The van der Waals surface area contributed by atoms with Gasteiger partial charge in [-0.2, -0.15) is 0 Å². The molecule has 3 nitrogen and oxygen atoms in total. The van der Waals surface area contributed by atoms with E-state index < -0.39 is 0 Å². The number of nitrogens with zero attached hydrogens (tertiary/aromatic N) is 1. The van der Waals surface area contributed by atoms with E-state index in [1.807, 2.05) is 5.38 Å². The highest BCUT2D eigenvalue weighted by Crippen LogP contribution is 2.21. The number of ether oxygens (including phenoxy) is 1. The van der Waals surface area contributed by atoms with Gasteiger partial charge in [-0.05, 0) is 0 Å². The molecule has 0 saturated carbocycles. The topological polar surface area (TPSA) is 39.2 Å². The van der Waals surface area contributed by atoms with Crippen molar-refractivity contribution >= 4 is 33.7 Å². The predicted molar refractivity (Wildman–Crippen MR) is 45.8 cm³/mol. The van der Waals surface area contributed by atoms with Crippen molar-refractivity contribution in [1.29, 1.82) is 0 Å². The molecule has 0 saturated heterocycles. The molecule has 1 atom stereocenters. The third-order valence-corrected chi connectivity index (χ3v) is 2.42. The lowest BCUT2D eigenvalue weighted by Gasteiger charge is -2.03. The molecule has 0 aliphatic heterocycles. The van der Waals surface area contributed by atoms with Gasteiger partial charge in [-0.1, -0.05) is 15.9 Å². The van der Waals surface area contributed by atoms with Crippen LogP contribution >= 0.6 is 27.3 Å². The average Bonchev–Trinajstić information content (AvgIpc) is 2.52. The van der Waals surface area contributed by atoms with Crippen LogP contribution in [0.4, 0.5) is 0 Å². The first kappa shape index (κ1) is 8.67. The van der Waals surface area contributed by atoms with E-state index in [4.69, 9.17) is 0 Å². The summed E-state index contributed by atoms with van der Waals surface area (Å²) in [4.78, 5) is 13.9. The molecule has 0 amide bonds. The molecule has 60 valence electrons. The highest BCUT2D eigenvalue weighted by Gasteiger charge is 2.08. The van der Waals surface area contributed by atoms with E-state index >= 15 is 0 Å². The zero-order chi connectivity index (χ0) is 8.10. The molecule has 0 aliphatic rings. The molecule has 11 heavy (non-hydrogen) atoms. The van der Waals surface area contributed by atoms with Gasteiger partial charge < -0.3 is 4.74 Å². The van der Waals surface area contributed by atoms with Crippen LogP contribution in [0.3, 0.4) is 0 Å². The second kappa shape index (κ2) is 4.46. The number of halogens is 1. The summed E-state index contributed by atoms with van der Waals surface area (Å²) < 4.78 is 4.56. The van der Waals surface area contributed by atoms with Crippen molar-refractivity contribution in [2.45, 2.75) is 4.83 Å². The van der Waals surface area contributed by atoms with Crippen molar-refractivity contribution in [1.82, 2.24) is 4.98 Å². The van der Waals surface area contributed by atoms with Crippen LogP contribution in [0.15, 0.2) is 10.9 Å². The van der Waals surface area contributed by atoms with Gasteiger partial charge in [-0.15, -0.1) is 11.3 Å². The number of thiazole rings is 1. The Morgan fingerprint density at radius 1 is 1.91 bits per heavy atom. The Labute approximate surface area is 76.5 Å². The number of hydrogen-bond acceptors (Lipinski definition) is 4.